The number of oxime groups is 1. The first-order valence-corrected chi connectivity index (χ1v) is 7.00. The highest BCUT2D eigenvalue weighted by Gasteiger charge is 2.55. The quantitative estimate of drug-likeness (QED) is 0.778. The van der Waals surface area contributed by atoms with Gasteiger partial charge >= 0.3 is 0 Å². The van der Waals surface area contributed by atoms with Gasteiger partial charge in [0.05, 0.1) is 18.8 Å². The predicted octanol–water partition coefficient (Wildman–Crippen LogP) is 0.858. The lowest BCUT2D eigenvalue weighted by atomic mass is 9.72. The second kappa shape index (κ2) is 3.82. The Bertz CT molecular complexity index is 477. The summed E-state index contributed by atoms with van der Waals surface area (Å²) in [5, 5.41) is 4.40. The third-order valence-electron chi connectivity index (χ3n) is 4.90. The van der Waals surface area contributed by atoms with Crippen molar-refractivity contribution in [2.45, 2.75) is 24.9 Å². The van der Waals surface area contributed by atoms with E-state index in [0.29, 0.717) is 0 Å². The number of benzene rings is 1. The number of fused-ring (bicyclic) bond motifs is 2. The first-order valence-electron chi connectivity index (χ1n) is 7.00. The third-order valence-corrected chi connectivity index (χ3v) is 4.90. The lowest BCUT2D eigenvalue weighted by molar-refractivity contribution is -0.925. The average Bonchev–Trinajstić information content (AvgIpc) is 2.85. The summed E-state index contributed by atoms with van der Waals surface area (Å²) < 4.78 is 0. The highest BCUT2D eigenvalue weighted by molar-refractivity contribution is 6.01. The molecule has 0 aliphatic carbocycles. The highest BCUT2D eigenvalue weighted by Crippen LogP contribution is 2.39. The molecule has 18 heavy (non-hydrogen) atoms. The fourth-order valence-electron chi connectivity index (χ4n) is 3.89. The Morgan fingerprint density at radius 3 is 2.61 bits per heavy atom. The number of rotatable bonds is 1. The van der Waals surface area contributed by atoms with E-state index < -0.39 is 0 Å². The largest absolute Gasteiger partial charge is 0.382 e. The molecular weight excluding hydrogens is 224 g/mol. The molecule has 94 valence electrons. The molecule has 4 aliphatic rings. The Morgan fingerprint density at radius 1 is 1.17 bits per heavy atom. The van der Waals surface area contributed by atoms with Crippen molar-refractivity contribution in [3.63, 3.8) is 0 Å². The van der Waals surface area contributed by atoms with E-state index in [0.717, 1.165) is 24.6 Å². The molecule has 5 rings (SSSR count). The van der Waals surface area contributed by atoms with Crippen LogP contribution in [0, 0.1) is 5.92 Å². The van der Waals surface area contributed by atoms with Crippen LogP contribution in [0.25, 0.3) is 0 Å². The van der Waals surface area contributed by atoms with Crippen molar-refractivity contribution >= 4 is 5.71 Å². The van der Waals surface area contributed by atoms with Crippen LogP contribution in [0.1, 0.15) is 24.8 Å². The van der Waals surface area contributed by atoms with Crippen LogP contribution >= 0.6 is 0 Å². The number of hydrogen-bond acceptors (Lipinski definition) is 2. The zero-order valence-corrected chi connectivity index (χ0v) is 10.6. The van der Waals surface area contributed by atoms with E-state index in [-0.39, 0.29) is 5.60 Å². The van der Waals surface area contributed by atoms with Gasteiger partial charge in [-0.2, -0.15) is 0 Å². The van der Waals surface area contributed by atoms with Gasteiger partial charge in [0.2, 0.25) is 0 Å². The minimum absolute atomic E-state index is 0.0248. The fourth-order valence-corrected chi connectivity index (χ4v) is 3.89. The molecule has 3 fully saturated rings. The molecule has 0 aromatic heterocycles. The van der Waals surface area contributed by atoms with Gasteiger partial charge in [-0.1, -0.05) is 35.5 Å². The van der Waals surface area contributed by atoms with Crippen LogP contribution in [0.4, 0.5) is 0 Å². The number of hydrogen-bond donors (Lipinski definition) is 1. The molecule has 3 nitrogen and oxygen atoms in total. The highest BCUT2D eigenvalue weighted by atomic mass is 16.7. The van der Waals surface area contributed by atoms with Crippen LogP contribution < -0.4 is 4.90 Å². The molecule has 1 spiro atoms. The van der Waals surface area contributed by atoms with Crippen molar-refractivity contribution < 1.29 is 9.74 Å². The minimum Gasteiger partial charge on any atom is -0.382 e. The summed E-state index contributed by atoms with van der Waals surface area (Å²) >= 11 is 0. The van der Waals surface area contributed by atoms with Crippen LogP contribution in [-0.4, -0.2) is 30.9 Å². The summed E-state index contributed by atoms with van der Waals surface area (Å²) in [5.74, 6) is 0.722. The maximum absolute atomic E-state index is 5.95. The summed E-state index contributed by atoms with van der Waals surface area (Å²) in [5.41, 5.74) is 2.39. The second-order valence-electron chi connectivity index (χ2n) is 5.94. The van der Waals surface area contributed by atoms with Crippen LogP contribution in [0.5, 0.6) is 0 Å². The van der Waals surface area contributed by atoms with E-state index >= 15 is 0 Å². The molecule has 0 amide bonds. The predicted molar refractivity (Wildman–Crippen MR) is 69.7 cm³/mol. The normalized spacial score (nSPS) is 37.7. The lowest BCUT2D eigenvalue weighted by Gasteiger charge is -2.46. The van der Waals surface area contributed by atoms with Crippen molar-refractivity contribution in [3.8, 4) is 0 Å². The Labute approximate surface area is 107 Å². The molecule has 0 saturated carbocycles. The van der Waals surface area contributed by atoms with Gasteiger partial charge in [0, 0.05) is 25.2 Å². The Balaban J connectivity index is 1.59. The van der Waals surface area contributed by atoms with Gasteiger partial charge in [0.15, 0.2) is 5.60 Å². The van der Waals surface area contributed by atoms with Gasteiger partial charge in [-0.15, -0.1) is 0 Å². The topological polar surface area (TPSA) is 26.0 Å². The molecule has 4 heterocycles. The van der Waals surface area contributed by atoms with E-state index in [1.807, 2.05) is 6.07 Å². The molecule has 1 unspecified atom stereocenters. The zero-order valence-electron chi connectivity index (χ0n) is 10.6. The Kier molecular flexibility index (Phi) is 2.24. The summed E-state index contributed by atoms with van der Waals surface area (Å²) in [6.07, 6.45) is 3.63. The fraction of sp³-hybridized carbons (Fsp3) is 0.533. The number of piperidine rings is 3. The van der Waals surface area contributed by atoms with Crippen molar-refractivity contribution in [1.29, 1.82) is 0 Å². The Morgan fingerprint density at radius 2 is 1.94 bits per heavy atom. The number of quaternary nitrogens is 1. The van der Waals surface area contributed by atoms with Crippen molar-refractivity contribution in [2.75, 3.05) is 19.6 Å². The zero-order chi connectivity index (χ0) is 12.0. The summed E-state index contributed by atoms with van der Waals surface area (Å²) in [4.78, 5) is 7.66. The Hall–Kier alpha value is -1.35. The smallest absolute Gasteiger partial charge is 0.194 e. The lowest BCUT2D eigenvalue weighted by Crippen LogP contribution is -3.17. The maximum atomic E-state index is 5.95. The van der Waals surface area contributed by atoms with E-state index in [1.54, 1.807) is 4.90 Å². The van der Waals surface area contributed by atoms with E-state index in [9.17, 15) is 0 Å². The number of nitrogens with zero attached hydrogens (tertiary/aromatic N) is 1. The van der Waals surface area contributed by atoms with E-state index in [4.69, 9.17) is 4.84 Å². The summed E-state index contributed by atoms with van der Waals surface area (Å²) in [6.45, 7) is 3.81. The average molecular weight is 243 g/mol. The van der Waals surface area contributed by atoms with Gasteiger partial charge in [-0.3, -0.25) is 0 Å². The van der Waals surface area contributed by atoms with E-state index in [2.05, 4.69) is 29.4 Å². The maximum Gasteiger partial charge on any atom is 0.194 e. The molecule has 1 N–H and O–H groups in total. The van der Waals surface area contributed by atoms with Crippen molar-refractivity contribution in [3.05, 3.63) is 35.9 Å². The molecule has 0 radical (unpaired) electrons. The molecule has 3 heteroatoms. The molecule has 1 aromatic rings. The molecular formula is C15H19N2O+. The van der Waals surface area contributed by atoms with Crippen LogP contribution in [-0.2, 0) is 4.84 Å². The minimum atomic E-state index is 0.0248. The molecule has 3 saturated heterocycles. The first-order chi connectivity index (χ1) is 8.86. The second-order valence-corrected chi connectivity index (χ2v) is 5.94. The van der Waals surface area contributed by atoms with Gasteiger partial charge in [-0.25, -0.2) is 0 Å². The van der Waals surface area contributed by atoms with Crippen LogP contribution in [0.15, 0.2) is 35.5 Å². The molecule has 4 aliphatic heterocycles. The van der Waals surface area contributed by atoms with Gasteiger partial charge in [0.25, 0.3) is 0 Å². The van der Waals surface area contributed by atoms with Gasteiger partial charge < -0.3 is 9.74 Å². The van der Waals surface area contributed by atoms with Crippen molar-refractivity contribution in [1.82, 2.24) is 0 Å². The molecule has 1 atom stereocenters. The van der Waals surface area contributed by atoms with Crippen LogP contribution in [0.3, 0.4) is 0 Å². The molecule has 2 bridgehead atoms. The van der Waals surface area contributed by atoms with Crippen molar-refractivity contribution in [2.24, 2.45) is 11.1 Å². The van der Waals surface area contributed by atoms with Gasteiger partial charge in [-0.05, 0) is 5.56 Å². The third kappa shape index (κ3) is 1.50. The first kappa shape index (κ1) is 10.6. The monoisotopic (exact) mass is 243 g/mol. The van der Waals surface area contributed by atoms with Gasteiger partial charge in [0.1, 0.15) is 6.54 Å². The number of nitrogens with one attached hydrogen (secondary N) is 1. The summed E-state index contributed by atoms with van der Waals surface area (Å²) in [7, 11) is 0. The van der Waals surface area contributed by atoms with Crippen LogP contribution in [0.2, 0.25) is 0 Å². The standard InChI is InChI=1S/C15H18N2O/c1-2-4-12(5-3-1)14-10-15(18-16-14)11-17-8-6-13(15)7-9-17/h1-5,13H,6-11H2/p+1. The SMILES string of the molecule is c1ccc(C2=NOC3(C2)C[NH+]2CCC3CC2)cc1. The molecule has 1 aromatic carbocycles. The summed E-state index contributed by atoms with van der Waals surface area (Å²) in [6, 6.07) is 10.5. The van der Waals surface area contributed by atoms with E-state index in [1.165, 1.54) is 31.5 Å².